The highest BCUT2D eigenvalue weighted by atomic mass is 16.4. The molecule has 0 radical (unpaired) electrons. The van der Waals surface area contributed by atoms with Gasteiger partial charge in [0.25, 0.3) is 5.56 Å². The first-order chi connectivity index (χ1) is 17.0. The van der Waals surface area contributed by atoms with E-state index in [4.69, 9.17) is 0 Å². The van der Waals surface area contributed by atoms with E-state index >= 15 is 0 Å². The zero-order valence-electron chi connectivity index (χ0n) is 20.2. The van der Waals surface area contributed by atoms with Gasteiger partial charge in [-0.3, -0.25) is 14.4 Å². The largest absolute Gasteiger partial charge is 0.481 e. The van der Waals surface area contributed by atoms with Gasteiger partial charge in [-0.05, 0) is 55.2 Å². The molecule has 0 spiro atoms. The number of benzene rings is 1. The van der Waals surface area contributed by atoms with Crippen molar-refractivity contribution < 1.29 is 14.7 Å². The van der Waals surface area contributed by atoms with Crippen molar-refractivity contribution in [3.8, 4) is 0 Å². The lowest BCUT2D eigenvalue weighted by Crippen LogP contribution is -2.49. The summed E-state index contributed by atoms with van der Waals surface area (Å²) in [6.45, 7) is 4.89. The average Bonchev–Trinajstić information content (AvgIpc) is 2.84. The van der Waals surface area contributed by atoms with Gasteiger partial charge >= 0.3 is 5.97 Å². The van der Waals surface area contributed by atoms with Crippen molar-refractivity contribution in [1.82, 2.24) is 14.4 Å². The molecule has 0 unspecified atom stereocenters. The van der Waals surface area contributed by atoms with E-state index in [0.29, 0.717) is 31.3 Å². The fourth-order valence-electron chi connectivity index (χ4n) is 6.54. The molecule has 2 saturated heterocycles. The number of amides is 1. The van der Waals surface area contributed by atoms with E-state index < -0.39 is 5.97 Å². The Kier molecular flexibility index (Phi) is 7.04. The number of carbonyl (C=O) groups excluding carboxylic acids is 1. The zero-order chi connectivity index (χ0) is 24.4. The van der Waals surface area contributed by atoms with E-state index in [1.165, 1.54) is 0 Å². The van der Waals surface area contributed by atoms with E-state index in [2.05, 4.69) is 11.0 Å². The molecule has 4 heterocycles. The van der Waals surface area contributed by atoms with Crippen LogP contribution < -0.4 is 5.56 Å². The van der Waals surface area contributed by atoms with E-state index in [9.17, 15) is 19.5 Å². The molecule has 5 rings (SSSR count). The summed E-state index contributed by atoms with van der Waals surface area (Å²) in [5, 5.41) is 9.48. The Balaban J connectivity index is 1.22. The summed E-state index contributed by atoms with van der Waals surface area (Å²) in [5.74, 6) is 0.532. The molecule has 4 atom stereocenters. The molecule has 2 aromatic rings. The van der Waals surface area contributed by atoms with Crippen molar-refractivity contribution in [1.29, 1.82) is 0 Å². The van der Waals surface area contributed by atoms with Crippen LogP contribution in [0.2, 0.25) is 0 Å². The molecule has 3 aliphatic rings. The Labute approximate surface area is 206 Å². The summed E-state index contributed by atoms with van der Waals surface area (Å²) >= 11 is 0. The first-order valence-electron chi connectivity index (χ1n) is 12.9. The predicted molar refractivity (Wildman–Crippen MR) is 133 cm³/mol. The lowest BCUT2D eigenvalue weighted by Gasteiger charge is -2.44. The molecule has 1 aromatic carbocycles. The molecule has 186 valence electrons. The first kappa shape index (κ1) is 23.8. The topological polar surface area (TPSA) is 82.8 Å². The molecule has 1 amide bonds. The number of rotatable bonds is 7. The number of fused-ring (bicyclic) bond motifs is 4. The van der Waals surface area contributed by atoms with Crippen LogP contribution in [0.4, 0.5) is 0 Å². The predicted octanol–water partition coefficient (Wildman–Crippen LogP) is 2.84. The van der Waals surface area contributed by atoms with Crippen LogP contribution >= 0.6 is 0 Å². The highest BCUT2D eigenvalue weighted by molar-refractivity contribution is 5.79. The second kappa shape index (κ2) is 10.4. The van der Waals surface area contributed by atoms with Crippen LogP contribution in [0.15, 0.2) is 53.3 Å². The minimum atomic E-state index is -0.751. The van der Waals surface area contributed by atoms with Crippen molar-refractivity contribution in [3.63, 3.8) is 0 Å². The van der Waals surface area contributed by atoms with Gasteiger partial charge in [0.15, 0.2) is 0 Å². The van der Waals surface area contributed by atoms with Gasteiger partial charge in [0.05, 0.1) is 6.42 Å². The fraction of sp³-hybridized carbons (Fsp3) is 0.536. The second-order valence-corrected chi connectivity index (χ2v) is 10.7. The van der Waals surface area contributed by atoms with E-state index in [0.717, 1.165) is 56.7 Å². The maximum Gasteiger partial charge on any atom is 0.303 e. The standard InChI is InChI=1S/C28H35N3O4/c32-26-8-4-7-25-24-13-21(17-31(25)26)16-29(18-24)11-9-23-19-30(12-10-22(23)15-28(34)35)27(33)14-20-5-2-1-3-6-20/h1-8,21-24H,9-19H2,(H,34,35)/t21-,22+,23+,24-/m1/s1. The SMILES string of the molecule is O=C(O)C[C@@H]1CCN(C(=O)Cc2ccccc2)C[C@@H]1CCN1C[C@H]2C[C@H](C1)c1cccc(=O)n1C2. The van der Waals surface area contributed by atoms with E-state index in [1.807, 2.05) is 45.9 Å². The van der Waals surface area contributed by atoms with Gasteiger partial charge in [-0.25, -0.2) is 0 Å². The quantitative estimate of drug-likeness (QED) is 0.663. The monoisotopic (exact) mass is 477 g/mol. The summed E-state index contributed by atoms with van der Waals surface area (Å²) in [5.41, 5.74) is 2.27. The molecule has 7 heteroatoms. The number of likely N-dealkylation sites (tertiary alicyclic amines) is 2. The number of carbonyl (C=O) groups is 2. The first-order valence-corrected chi connectivity index (χ1v) is 12.9. The molecule has 2 fully saturated rings. The van der Waals surface area contributed by atoms with Crippen LogP contribution in [0.3, 0.4) is 0 Å². The third-order valence-electron chi connectivity index (χ3n) is 8.25. The zero-order valence-corrected chi connectivity index (χ0v) is 20.2. The molecule has 35 heavy (non-hydrogen) atoms. The third-order valence-corrected chi connectivity index (χ3v) is 8.25. The normalized spacial score (nSPS) is 26.2. The van der Waals surface area contributed by atoms with Crippen molar-refractivity contribution in [3.05, 3.63) is 70.1 Å². The Hall–Kier alpha value is -2.93. The molecule has 1 N–H and O–H groups in total. The van der Waals surface area contributed by atoms with Crippen molar-refractivity contribution >= 4 is 11.9 Å². The van der Waals surface area contributed by atoms with E-state index in [1.54, 1.807) is 6.07 Å². The number of carboxylic acid groups (broad SMARTS) is 1. The Morgan fingerprint density at radius 3 is 2.57 bits per heavy atom. The lowest BCUT2D eigenvalue weighted by molar-refractivity contribution is -0.139. The van der Waals surface area contributed by atoms with Gasteiger partial charge in [0.2, 0.25) is 5.91 Å². The summed E-state index contributed by atoms with van der Waals surface area (Å²) in [4.78, 5) is 41.3. The van der Waals surface area contributed by atoms with Gasteiger partial charge in [0, 0.05) is 56.8 Å². The van der Waals surface area contributed by atoms with Gasteiger partial charge < -0.3 is 19.5 Å². The minimum absolute atomic E-state index is 0.102. The fourth-order valence-corrected chi connectivity index (χ4v) is 6.54. The molecule has 2 bridgehead atoms. The highest BCUT2D eigenvalue weighted by Gasteiger charge is 2.36. The van der Waals surface area contributed by atoms with Crippen molar-refractivity contribution in [2.75, 3.05) is 32.7 Å². The van der Waals surface area contributed by atoms with Crippen LogP contribution in [-0.4, -0.2) is 64.1 Å². The molecule has 7 nitrogen and oxygen atoms in total. The Bertz CT molecular complexity index is 1110. The number of hydrogen-bond donors (Lipinski definition) is 1. The second-order valence-electron chi connectivity index (χ2n) is 10.7. The van der Waals surface area contributed by atoms with Crippen molar-refractivity contribution in [2.45, 2.75) is 44.6 Å². The smallest absolute Gasteiger partial charge is 0.303 e. The molecule has 0 aliphatic carbocycles. The van der Waals surface area contributed by atoms with E-state index in [-0.39, 0.29) is 29.7 Å². The summed E-state index contributed by atoms with van der Waals surface area (Å²) < 4.78 is 1.95. The molecule has 1 aromatic heterocycles. The van der Waals surface area contributed by atoms with Crippen LogP contribution in [0.25, 0.3) is 0 Å². The van der Waals surface area contributed by atoms with Crippen molar-refractivity contribution in [2.24, 2.45) is 17.8 Å². The number of aliphatic carboxylic acids is 1. The van der Waals surface area contributed by atoms with Crippen LogP contribution in [0, 0.1) is 17.8 Å². The Morgan fingerprint density at radius 2 is 1.77 bits per heavy atom. The maximum atomic E-state index is 13.0. The van der Waals surface area contributed by atoms with Crippen LogP contribution in [0.1, 0.15) is 42.9 Å². The number of hydrogen-bond acceptors (Lipinski definition) is 4. The maximum absolute atomic E-state index is 13.0. The highest BCUT2D eigenvalue weighted by Crippen LogP contribution is 2.36. The third kappa shape index (κ3) is 5.50. The van der Waals surface area contributed by atoms with Gasteiger partial charge in [-0.15, -0.1) is 0 Å². The number of carboxylic acids is 1. The lowest BCUT2D eigenvalue weighted by atomic mass is 9.80. The van der Waals surface area contributed by atoms with Gasteiger partial charge in [0.1, 0.15) is 0 Å². The number of piperidine rings is 2. The number of aromatic nitrogens is 1. The molecular weight excluding hydrogens is 442 g/mol. The van der Waals surface area contributed by atoms with Crippen LogP contribution in [0.5, 0.6) is 0 Å². The number of nitrogens with zero attached hydrogens (tertiary/aromatic N) is 3. The molecular formula is C28H35N3O4. The van der Waals surface area contributed by atoms with Crippen LogP contribution in [-0.2, 0) is 22.6 Å². The van der Waals surface area contributed by atoms with Gasteiger partial charge in [-0.1, -0.05) is 36.4 Å². The Morgan fingerprint density at radius 1 is 0.943 bits per heavy atom. The summed E-state index contributed by atoms with van der Waals surface area (Å²) in [6, 6.07) is 15.4. The summed E-state index contributed by atoms with van der Waals surface area (Å²) in [7, 11) is 0. The minimum Gasteiger partial charge on any atom is -0.481 e. The molecule has 0 saturated carbocycles. The molecule has 3 aliphatic heterocycles. The average molecular weight is 478 g/mol. The van der Waals surface area contributed by atoms with Gasteiger partial charge in [-0.2, -0.15) is 0 Å². The summed E-state index contributed by atoms with van der Waals surface area (Å²) in [6.07, 6.45) is 3.35. The number of pyridine rings is 1.